The van der Waals surface area contributed by atoms with Crippen LogP contribution in [-0.4, -0.2) is 31.8 Å². The molecule has 2 unspecified atom stereocenters. The normalized spacial score (nSPS) is 21.0. The van der Waals surface area contributed by atoms with Crippen LogP contribution >= 0.6 is 0 Å². The Morgan fingerprint density at radius 3 is 2.90 bits per heavy atom. The van der Waals surface area contributed by atoms with Gasteiger partial charge in [0.15, 0.2) is 0 Å². The minimum Gasteiger partial charge on any atom is -0.464 e. The van der Waals surface area contributed by atoms with Crippen molar-refractivity contribution in [3.05, 3.63) is 35.6 Å². The summed E-state index contributed by atoms with van der Waals surface area (Å²) >= 11 is 0. The van der Waals surface area contributed by atoms with Crippen molar-refractivity contribution in [3.8, 4) is 0 Å². The molecule has 1 fully saturated rings. The molecule has 1 saturated heterocycles. The van der Waals surface area contributed by atoms with Gasteiger partial charge < -0.3 is 9.47 Å². The Morgan fingerprint density at radius 1 is 1.52 bits per heavy atom. The molecule has 0 bridgehead atoms. The van der Waals surface area contributed by atoms with Gasteiger partial charge in [0.05, 0.1) is 12.7 Å². The minimum absolute atomic E-state index is 0.0607. The first-order chi connectivity index (χ1) is 10.1. The summed E-state index contributed by atoms with van der Waals surface area (Å²) in [6.45, 7) is 4.87. The summed E-state index contributed by atoms with van der Waals surface area (Å²) in [5.41, 5.74) is -0.922. The van der Waals surface area contributed by atoms with Gasteiger partial charge >= 0.3 is 5.97 Å². The summed E-state index contributed by atoms with van der Waals surface area (Å²) in [4.78, 5) is 12.3. The summed E-state index contributed by atoms with van der Waals surface area (Å²) < 4.78 is 24.8. The van der Waals surface area contributed by atoms with Crippen LogP contribution in [0, 0.1) is 5.82 Å². The maximum atomic E-state index is 14.1. The first-order valence-electron chi connectivity index (χ1n) is 7.36. The fraction of sp³-hybridized carbons (Fsp3) is 0.562. The van der Waals surface area contributed by atoms with Crippen molar-refractivity contribution in [3.63, 3.8) is 0 Å². The highest BCUT2D eigenvalue weighted by Gasteiger charge is 2.39. The van der Waals surface area contributed by atoms with Crippen LogP contribution in [0.15, 0.2) is 24.3 Å². The molecule has 1 aromatic carbocycles. The predicted octanol–water partition coefficient (Wildman–Crippen LogP) is 2.37. The van der Waals surface area contributed by atoms with Gasteiger partial charge in [0.25, 0.3) is 0 Å². The summed E-state index contributed by atoms with van der Waals surface area (Å²) in [5, 5.41) is 3.14. The molecule has 116 valence electrons. The zero-order valence-electron chi connectivity index (χ0n) is 12.5. The largest absolute Gasteiger partial charge is 0.464 e. The molecule has 5 heteroatoms. The SMILES string of the molecule is CCOC(=O)C(C)(NCC1CCCO1)c1ccccc1F. The van der Waals surface area contributed by atoms with Gasteiger partial charge in [-0.05, 0) is 32.8 Å². The highest BCUT2D eigenvalue weighted by molar-refractivity contribution is 5.82. The number of hydrogen-bond acceptors (Lipinski definition) is 4. The Balaban J connectivity index is 2.21. The van der Waals surface area contributed by atoms with Crippen LogP contribution in [0.2, 0.25) is 0 Å². The van der Waals surface area contributed by atoms with E-state index in [2.05, 4.69) is 5.32 Å². The van der Waals surface area contributed by atoms with Crippen LogP contribution in [0.4, 0.5) is 4.39 Å². The summed E-state index contributed by atoms with van der Waals surface area (Å²) in [6.07, 6.45) is 2.02. The molecule has 4 nitrogen and oxygen atoms in total. The van der Waals surface area contributed by atoms with Crippen LogP contribution in [-0.2, 0) is 19.8 Å². The predicted molar refractivity (Wildman–Crippen MR) is 77.4 cm³/mol. The lowest BCUT2D eigenvalue weighted by atomic mass is 9.91. The van der Waals surface area contributed by atoms with Crippen LogP contribution in [0.5, 0.6) is 0 Å². The number of esters is 1. The van der Waals surface area contributed by atoms with Gasteiger partial charge in [0, 0.05) is 18.7 Å². The number of carbonyl (C=O) groups is 1. The molecular weight excluding hydrogens is 273 g/mol. The number of hydrogen-bond donors (Lipinski definition) is 1. The first kappa shape index (κ1) is 15.9. The monoisotopic (exact) mass is 295 g/mol. The average molecular weight is 295 g/mol. The van der Waals surface area contributed by atoms with E-state index in [4.69, 9.17) is 9.47 Å². The number of nitrogens with one attached hydrogen (secondary N) is 1. The number of halogens is 1. The molecule has 2 rings (SSSR count). The van der Waals surface area contributed by atoms with Gasteiger partial charge in [-0.15, -0.1) is 0 Å². The molecule has 1 aliphatic heterocycles. The van der Waals surface area contributed by atoms with Crippen LogP contribution in [0.3, 0.4) is 0 Å². The number of rotatable bonds is 6. The van der Waals surface area contributed by atoms with Gasteiger partial charge in [0.1, 0.15) is 11.4 Å². The van der Waals surface area contributed by atoms with E-state index in [-0.39, 0.29) is 12.7 Å². The van der Waals surface area contributed by atoms with E-state index in [1.807, 2.05) is 0 Å². The third-order valence-corrected chi connectivity index (χ3v) is 3.80. The van der Waals surface area contributed by atoms with E-state index < -0.39 is 17.3 Å². The van der Waals surface area contributed by atoms with E-state index in [1.165, 1.54) is 6.07 Å². The molecule has 0 amide bonds. The van der Waals surface area contributed by atoms with Gasteiger partial charge in [0.2, 0.25) is 0 Å². The fourth-order valence-electron chi connectivity index (χ4n) is 2.54. The lowest BCUT2D eigenvalue weighted by molar-refractivity contribution is -0.151. The van der Waals surface area contributed by atoms with Gasteiger partial charge in [-0.2, -0.15) is 0 Å². The zero-order valence-corrected chi connectivity index (χ0v) is 12.5. The highest BCUT2D eigenvalue weighted by atomic mass is 19.1. The Hall–Kier alpha value is -1.46. The Kier molecular flexibility index (Phi) is 5.31. The smallest absolute Gasteiger partial charge is 0.330 e. The van der Waals surface area contributed by atoms with Crippen molar-refractivity contribution in [2.75, 3.05) is 19.8 Å². The Labute approximate surface area is 124 Å². The second-order valence-corrected chi connectivity index (χ2v) is 5.34. The van der Waals surface area contributed by atoms with Crippen molar-refractivity contribution in [1.29, 1.82) is 0 Å². The van der Waals surface area contributed by atoms with Crippen molar-refractivity contribution >= 4 is 5.97 Å². The van der Waals surface area contributed by atoms with E-state index >= 15 is 0 Å². The van der Waals surface area contributed by atoms with Crippen molar-refractivity contribution in [2.45, 2.75) is 38.3 Å². The molecule has 1 heterocycles. The lowest BCUT2D eigenvalue weighted by Gasteiger charge is -2.30. The van der Waals surface area contributed by atoms with E-state index in [0.29, 0.717) is 12.1 Å². The van der Waals surface area contributed by atoms with Crippen LogP contribution in [0.25, 0.3) is 0 Å². The standard InChI is InChI=1S/C16H22FNO3/c1-3-20-15(19)16(2,13-8-4-5-9-14(13)17)18-11-12-7-6-10-21-12/h4-5,8-9,12,18H,3,6-7,10-11H2,1-2H3. The number of benzene rings is 1. The first-order valence-corrected chi connectivity index (χ1v) is 7.36. The Morgan fingerprint density at radius 2 is 2.29 bits per heavy atom. The minimum atomic E-state index is -1.21. The van der Waals surface area contributed by atoms with E-state index in [9.17, 15) is 9.18 Å². The average Bonchev–Trinajstić information content (AvgIpc) is 2.99. The summed E-state index contributed by atoms with van der Waals surface area (Å²) in [6, 6.07) is 6.27. The quantitative estimate of drug-likeness (QED) is 0.819. The molecule has 21 heavy (non-hydrogen) atoms. The molecule has 0 radical (unpaired) electrons. The highest BCUT2D eigenvalue weighted by Crippen LogP contribution is 2.26. The summed E-state index contributed by atoms with van der Waals surface area (Å²) in [5.74, 6) is -0.902. The van der Waals surface area contributed by atoms with E-state index in [0.717, 1.165) is 19.4 Å². The van der Waals surface area contributed by atoms with Gasteiger partial charge in [-0.1, -0.05) is 18.2 Å². The van der Waals surface area contributed by atoms with Crippen molar-refractivity contribution in [2.24, 2.45) is 0 Å². The molecule has 1 N–H and O–H groups in total. The maximum Gasteiger partial charge on any atom is 0.330 e. The molecule has 0 aromatic heterocycles. The lowest BCUT2D eigenvalue weighted by Crippen LogP contribution is -2.50. The topological polar surface area (TPSA) is 47.6 Å². The number of carbonyl (C=O) groups excluding carboxylic acids is 1. The second kappa shape index (κ2) is 7.00. The third kappa shape index (κ3) is 3.60. The molecule has 2 atom stereocenters. The van der Waals surface area contributed by atoms with Crippen molar-refractivity contribution < 1.29 is 18.7 Å². The molecule has 1 aromatic rings. The fourth-order valence-corrected chi connectivity index (χ4v) is 2.54. The molecule has 0 aliphatic carbocycles. The third-order valence-electron chi connectivity index (χ3n) is 3.80. The number of ether oxygens (including phenoxy) is 2. The molecule has 0 spiro atoms. The zero-order chi connectivity index (χ0) is 15.3. The van der Waals surface area contributed by atoms with Gasteiger partial charge in [-0.25, -0.2) is 9.18 Å². The maximum absolute atomic E-state index is 14.1. The van der Waals surface area contributed by atoms with Crippen LogP contribution < -0.4 is 5.32 Å². The molecule has 0 saturated carbocycles. The van der Waals surface area contributed by atoms with Gasteiger partial charge in [-0.3, -0.25) is 5.32 Å². The summed E-state index contributed by atoms with van der Waals surface area (Å²) in [7, 11) is 0. The molecular formula is C16H22FNO3. The Bertz CT molecular complexity index is 488. The van der Waals surface area contributed by atoms with Crippen molar-refractivity contribution in [1.82, 2.24) is 5.32 Å². The second-order valence-electron chi connectivity index (χ2n) is 5.34. The van der Waals surface area contributed by atoms with Crippen LogP contribution in [0.1, 0.15) is 32.3 Å². The molecule has 1 aliphatic rings. The van der Waals surface area contributed by atoms with E-state index in [1.54, 1.807) is 32.0 Å².